The summed E-state index contributed by atoms with van der Waals surface area (Å²) in [6.07, 6.45) is 1.50. The lowest BCUT2D eigenvalue weighted by molar-refractivity contribution is 0.0527. The molecule has 0 saturated heterocycles. The fourth-order valence-electron chi connectivity index (χ4n) is 2.72. The number of aromatic amines is 1. The van der Waals surface area contributed by atoms with Crippen molar-refractivity contribution in [1.82, 2.24) is 19.7 Å². The van der Waals surface area contributed by atoms with Crippen molar-refractivity contribution in [3.8, 4) is 5.69 Å². The van der Waals surface area contributed by atoms with Gasteiger partial charge in [-0.15, -0.1) is 0 Å². The van der Waals surface area contributed by atoms with E-state index in [1.165, 1.54) is 6.20 Å². The van der Waals surface area contributed by atoms with Gasteiger partial charge < -0.3 is 15.0 Å². The summed E-state index contributed by atoms with van der Waals surface area (Å²) in [5.41, 5.74) is 2.90. The zero-order chi connectivity index (χ0) is 17.9. The molecule has 0 aliphatic rings. The SMILES string of the molecule is CCOC(=O)c1cnn(-c2ccccc2)c1Nc1nc2ccccc2[nH]1. The van der Waals surface area contributed by atoms with Gasteiger partial charge in [-0.2, -0.15) is 5.10 Å². The summed E-state index contributed by atoms with van der Waals surface area (Å²) in [5, 5.41) is 7.53. The van der Waals surface area contributed by atoms with Crippen LogP contribution in [0.4, 0.5) is 11.8 Å². The highest BCUT2D eigenvalue weighted by atomic mass is 16.5. The Bertz CT molecular complexity index is 1020. The number of anilines is 2. The molecule has 0 saturated carbocycles. The number of fused-ring (bicyclic) bond motifs is 1. The Morgan fingerprint density at radius 1 is 1.15 bits per heavy atom. The van der Waals surface area contributed by atoms with E-state index in [2.05, 4.69) is 20.4 Å². The largest absolute Gasteiger partial charge is 0.462 e. The van der Waals surface area contributed by atoms with Crippen LogP contribution in [0, 0.1) is 0 Å². The molecule has 26 heavy (non-hydrogen) atoms. The fourth-order valence-corrected chi connectivity index (χ4v) is 2.72. The molecule has 2 N–H and O–H groups in total. The summed E-state index contributed by atoms with van der Waals surface area (Å²) >= 11 is 0. The minimum absolute atomic E-state index is 0.291. The highest BCUT2D eigenvalue weighted by Gasteiger charge is 2.20. The molecule has 0 amide bonds. The number of aromatic nitrogens is 4. The van der Waals surface area contributed by atoms with Gasteiger partial charge in [0.1, 0.15) is 5.56 Å². The average Bonchev–Trinajstić information content (AvgIpc) is 3.26. The van der Waals surface area contributed by atoms with Crippen molar-refractivity contribution in [2.75, 3.05) is 11.9 Å². The van der Waals surface area contributed by atoms with Gasteiger partial charge in [0.25, 0.3) is 0 Å². The van der Waals surface area contributed by atoms with Crippen LogP contribution < -0.4 is 5.32 Å². The Morgan fingerprint density at radius 3 is 2.69 bits per heavy atom. The van der Waals surface area contributed by atoms with Crippen LogP contribution in [0.3, 0.4) is 0 Å². The number of nitrogens with one attached hydrogen (secondary N) is 2. The van der Waals surface area contributed by atoms with Gasteiger partial charge in [-0.1, -0.05) is 30.3 Å². The molecule has 0 aliphatic heterocycles. The molecule has 0 atom stereocenters. The molecule has 2 aromatic heterocycles. The third-order valence-corrected chi connectivity index (χ3v) is 3.89. The van der Waals surface area contributed by atoms with Gasteiger partial charge >= 0.3 is 5.97 Å². The van der Waals surface area contributed by atoms with Gasteiger partial charge in [0.05, 0.1) is 29.5 Å². The topological polar surface area (TPSA) is 84.8 Å². The molecule has 4 rings (SSSR count). The summed E-state index contributed by atoms with van der Waals surface area (Å²) in [4.78, 5) is 20.0. The Kier molecular flexibility index (Phi) is 4.10. The minimum Gasteiger partial charge on any atom is -0.462 e. The van der Waals surface area contributed by atoms with Crippen LogP contribution in [-0.2, 0) is 4.74 Å². The Morgan fingerprint density at radius 2 is 1.92 bits per heavy atom. The summed E-state index contributed by atoms with van der Waals surface area (Å²) in [5.74, 6) is 0.580. The van der Waals surface area contributed by atoms with E-state index in [4.69, 9.17) is 4.74 Å². The van der Waals surface area contributed by atoms with E-state index in [1.807, 2.05) is 54.6 Å². The van der Waals surface area contributed by atoms with E-state index in [1.54, 1.807) is 11.6 Å². The number of hydrogen-bond acceptors (Lipinski definition) is 5. The number of esters is 1. The van der Waals surface area contributed by atoms with Crippen LogP contribution in [0.5, 0.6) is 0 Å². The highest BCUT2D eigenvalue weighted by Crippen LogP contribution is 2.25. The number of carbonyl (C=O) groups is 1. The van der Waals surface area contributed by atoms with Gasteiger partial charge in [-0.3, -0.25) is 0 Å². The number of nitrogens with zero attached hydrogens (tertiary/aromatic N) is 3. The van der Waals surface area contributed by atoms with Gasteiger partial charge in [0.15, 0.2) is 5.82 Å². The first kappa shape index (κ1) is 15.9. The second-order valence-corrected chi connectivity index (χ2v) is 5.60. The number of carbonyl (C=O) groups excluding carboxylic acids is 1. The standard InChI is InChI=1S/C19H17N5O2/c1-2-26-18(25)14-12-20-24(13-8-4-3-5-9-13)17(14)23-19-21-15-10-6-7-11-16(15)22-19/h3-12H,2H2,1H3,(H2,21,22,23). The zero-order valence-electron chi connectivity index (χ0n) is 14.1. The maximum Gasteiger partial charge on any atom is 0.343 e. The van der Waals surface area contributed by atoms with Crippen LogP contribution in [0.15, 0.2) is 60.8 Å². The van der Waals surface area contributed by atoms with E-state index in [0.717, 1.165) is 16.7 Å². The van der Waals surface area contributed by atoms with Crippen LogP contribution >= 0.6 is 0 Å². The smallest absolute Gasteiger partial charge is 0.343 e. The van der Waals surface area contributed by atoms with E-state index < -0.39 is 5.97 Å². The van der Waals surface area contributed by atoms with Crippen molar-refractivity contribution < 1.29 is 9.53 Å². The van der Waals surface area contributed by atoms with Crippen molar-refractivity contribution in [1.29, 1.82) is 0 Å². The van der Waals surface area contributed by atoms with Gasteiger partial charge in [-0.05, 0) is 31.2 Å². The first-order valence-corrected chi connectivity index (χ1v) is 8.28. The molecule has 130 valence electrons. The molecular formula is C19H17N5O2. The molecule has 7 nitrogen and oxygen atoms in total. The molecule has 2 heterocycles. The maximum atomic E-state index is 12.3. The van der Waals surface area contributed by atoms with Gasteiger partial charge in [0, 0.05) is 0 Å². The summed E-state index contributed by atoms with van der Waals surface area (Å²) in [7, 11) is 0. The second-order valence-electron chi connectivity index (χ2n) is 5.60. The molecule has 0 bridgehead atoms. The van der Waals surface area contributed by atoms with Crippen molar-refractivity contribution >= 4 is 28.8 Å². The van der Waals surface area contributed by atoms with Crippen molar-refractivity contribution in [2.45, 2.75) is 6.92 Å². The molecule has 0 radical (unpaired) electrons. The first-order valence-electron chi connectivity index (χ1n) is 8.28. The van der Waals surface area contributed by atoms with Gasteiger partial charge in [-0.25, -0.2) is 14.5 Å². The predicted octanol–water partition coefficient (Wildman–Crippen LogP) is 3.67. The fraction of sp³-hybridized carbons (Fsp3) is 0.105. The quantitative estimate of drug-likeness (QED) is 0.538. The zero-order valence-corrected chi connectivity index (χ0v) is 14.1. The Hall–Kier alpha value is -3.61. The Labute approximate surface area is 149 Å². The maximum absolute atomic E-state index is 12.3. The van der Waals surface area contributed by atoms with Crippen LogP contribution in [0.1, 0.15) is 17.3 Å². The Balaban J connectivity index is 1.78. The molecule has 0 aliphatic carbocycles. The third kappa shape index (κ3) is 2.90. The normalized spacial score (nSPS) is 10.8. The second kappa shape index (κ2) is 6.72. The van der Waals surface area contributed by atoms with E-state index in [9.17, 15) is 4.79 Å². The number of benzene rings is 2. The summed E-state index contributed by atoms with van der Waals surface area (Å²) in [6.45, 7) is 2.06. The van der Waals surface area contributed by atoms with Crippen LogP contribution in [-0.4, -0.2) is 32.3 Å². The van der Waals surface area contributed by atoms with Crippen molar-refractivity contribution in [3.63, 3.8) is 0 Å². The summed E-state index contributed by atoms with van der Waals surface area (Å²) < 4.78 is 6.80. The predicted molar refractivity (Wildman–Crippen MR) is 98.9 cm³/mol. The average molecular weight is 347 g/mol. The lowest BCUT2D eigenvalue weighted by Crippen LogP contribution is -2.09. The number of H-pyrrole nitrogens is 1. The van der Waals surface area contributed by atoms with E-state index in [-0.39, 0.29) is 0 Å². The molecule has 4 aromatic rings. The lowest BCUT2D eigenvalue weighted by atomic mass is 10.3. The molecule has 7 heteroatoms. The summed E-state index contributed by atoms with van der Waals surface area (Å²) in [6, 6.07) is 17.3. The molecule has 0 unspecified atom stereocenters. The van der Waals surface area contributed by atoms with Crippen molar-refractivity contribution in [3.05, 3.63) is 66.4 Å². The van der Waals surface area contributed by atoms with Crippen LogP contribution in [0.25, 0.3) is 16.7 Å². The lowest BCUT2D eigenvalue weighted by Gasteiger charge is -2.10. The highest BCUT2D eigenvalue weighted by molar-refractivity contribution is 5.95. The minimum atomic E-state index is -0.437. The molecule has 0 spiro atoms. The monoisotopic (exact) mass is 347 g/mol. The van der Waals surface area contributed by atoms with Crippen molar-refractivity contribution in [2.24, 2.45) is 0 Å². The number of imidazole rings is 1. The first-order chi connectivity index (χ1) is 12.8. The number of rotatable bonds is 5. The van der Waals surface area contributed by atoms with Crippen LogP contribution in [0.2, 0.25) is 0 Å². The number of para-hydroxylation sites is 3. The van der Waals surface area contributed by atoms with E-state index in [0.29, 0.717) is 23.9 Å². The molecule has 2 aromatic carbocycles. The van der Waals surface area contributed by atoms with E-state index >= 15 is 0 Å². The van der Waals surface area contributed by atoms with Gasteiger partial charge in [0.2, 0.25) is 5.95 Å². The molecular weight excluding hydrogens is 330 g/mol. The molecule has 0 fully saturated rings. The third-order valence-electron chi connectivity index (χ3n) is 3.89. The number of hydrogen-bond donors (Lipinski definition) is 2. The number of ether oxygens (including phenoxy) is 1.